The summed E-state index contributed by atoms with van der Waals surface area (Å²) in [6.45, 7) is 10.1. The average Bonchev–Trinajstić information content (AvgIpc) is 2.68. The second kappa shape index (κ2) is 12.5. The zero-order valence-electron chi connectivity index (χ0n) is 19.6. The maximum atomic E-state index is 11.4. The predicted octanol–water partition coefficient (Wildman–Crippen LogP) is 2.68. The van der Waals surface area contributed by atoms with E-state index in [4.69, 9.17) is 5.73 Å². The van der Waals surface area contributed by atoms with Crippen LogP contribution in [0.1, 0.15) is 43.6 Å². The van der Waals surface area contributed by atoms with Crippen LogP contribution in [0.2, 0.25) is 0 Å². The molecule has 0 aliphatic heterocycles. The van der Waals surface area contributed by atoms with Crippen LogP contribution in [-0.2, 0) is 14.8 Å². The molecule has 0 aromatic heterocycles. The summed E-state index contributed by atoms with van der Waals surface area (Å²) >= 11 is 0. The number of aliphatic hydroxyl groups is 1. The molecule has 2 atom stereocenters. The number of aliphatic hydroxyl groups excluding tert-OH is 1. The fourth-order valence-electron chi connectivity index (χ4n) is 2.70. The number of anilines is 2. The predicted molar refractivity (Wildman–Crippen MR) is 131 cm³/mol. The van der Waals surface area contributed by atoms with Gasteiger partial charge in [0.15, 0.2) is 0 Å². The lowest BCUT2D eigenvalue weighted by Crippen LogP contribution is -2.32. The summed E-state index contributed by atoms with van der Waals surface area (Å²) in [6, 6.07) is 12.4. The van der Waals surface area contributed by atoms with E-state index in [1.807, 2.05) is 45.9 Å². The zero-order valence-corrected chi connectivity index (χ0v) is 20.5. The topological polar surface area (TPSA) is 134 Å². The van der Waals surface area contributed by atoms with E-state index in [-0.39, 0.29) is 5.91 Å². The Kier molecular flexibility index (Phi) is 10.8. The van der Waals surface area contributed by atoms with Crippen molar-refractivity contribution in [1.29, 1.82) is 0 Å². The second-order valence-electron chi connectivity index (χ2n) is 8.12. The number of carbonyl (C=O) groups is 1. The third kappa shape index (κ3) is 10.2. The van der Waals surface area contributed by atoms with E-state index in [9.17, 15) is 18.3 Å². The van der Waals surface area contributed by atoms with Crippen LogP contribution in [0.3, 0.4) is 0 Å². The molecule has 32 heavy (non-hydrogen) atoms. The average molecular weight is 465 g/mol. The first-order valence-electron chi connectivity index (χ1n) is 10.4. The molecule has 0 spiro atoms. The zero-order chi connectivity index (χ0) is 24.5. The smallest absolute Gasteiger partial charge is 0.241 e. The lowest BCUT2D eigenvalue weighted by Gasteiger charge is -2.14. The Morgan fingerprint density at radius 2 is 1.56 bits per heavy atom. The molecule has 6 N–H and O–H groups in total. The van der Waals surface area contributed by atoms with E-state index < -0.39 is 22.2 Å². The number of hydrogen-bond acceptors (Lipinski definition) is 6. The van der Waals surface area contributed by atoms with Crippen LogP contribution in [0, 0.1) is 13.8 Å². The van der Waals surface area contributed by atoms with Gasteiger partial charge in [-0.25, -0.2) is 8.42 Å². The van der Waals surface area contributed by atoms with Gasteiger partial charge in [0.05, 0.1) is 18.4 Å². The van der Waals surface area contributed by atoms with Crippen molar-refractivity contribution in [2.45, 2.75) is 52.8 Å². The molecule has 1 amide bonds. The monoisotopic (exact) mass is 464 g/mol. The van der Waals surface area contributed by atoms with Gasteiger partial charge in [0.1, 0.15) is 0 Å². The number of aryl methyl sites for hydroxylation is 2. The normalized spacial score (nSPS) is 13.0. The number of para-hydroxylation sites is 1. The van der Waals surface area contributed by atoms with Crippen LogP contribution in [0.25, 0.3) is 0 Å². The molecular weight excluding hydrogens is 428 g/mol. The lowest BCUT2D eigenvalue weighted by atomic mass is 10.1. The molecule has 0 saturated heterocycles. The molecule has 2 rings (SSSR count). The minimum absolute atomic E-state index is 0.151. The van der Waals surface area contributed by atoms with E-state index in [1.165, 1.54) is 0 Å². The van der Waals surface area contributed by atoms with Crippen LogP contribution >= 0.6 is 0 Å². The molecule has 9 heteroatoms. The molecule has 2 unspecified atom stereocenters. The van der Waals surface area contributed by atoms with Gasteiger partial charge in [-0.2, -0.15) is 0 Å². The number of amides is 1. The highest BCUT2D eigenvalue weighted by molar-refractivity contribution is 7.92. The molecular formula is C23H36N4O4S. The largest absolute Gasteiger partial charge is 0.387 e. The fourth-order valence-corrected chi connectivity index (χ4v) is 3.27. The number of benzene rings is 2. The summed E-state index contributed by atoms with van der Waals surface area (Å²) in [5.74, 6) is -0.151. The Hall–Kier alpha value is -2.46. The molecule has 2 aromatic carbocycles. The van der Waals surface area contributed by atoms with Gasteiger partial charge >= 0.3 is 0 Å². The van der Waals surface area contributed by atoms with E-state index in [0.29, 0.717) is 18.3 Å². The highest BCUT2D eigenvalue weighted by Crippen LogP contribution is 2.19. The van der Waals surface area contributed by atoms with Crippen molar-refractivity contribution in [3.63, 3.8) is 0 Å². The maximum absolute atomic E-state index is 11.4. The quantitative estimate of drug-likeness (QED) is 0.408. The molecule has 0 aliphatic rings. The standard InChI is InChI=1S/C12H20N2O3S.C11H16N2O/c1-9(2)13-8-12(15)10-4-6-11(7-5-10)14-18(3,16)17;1-7-5-4-6-8(2)10(7)13-11(14)9(3)12/h4-7,9,12-15H,8H2,1-3H3;4-6,9H,12H2,1-3H3,(H,13,14). The van der Waals surface area contributed by atoms with Crippen LogP contribution < -0.4 is 21.1 Å². The third-order valence-electron chi connectivity index (χ3n) is 4.46. The highest BCUT2D eigenvalue weighted by atomic mass is 32.2. The van der Waals surface area contributed by atoms with Crippen molar-refractivity contribution in [2.75, 3.05) is 22.8 Å². The van der Waals surface area contributed by atoms with Gasteiger partial charge in [0, 0.05) is 24.0 Å². The van der Waals surface area contributed by atoms with Crippen molar-refractivity contribution in [3.8, 4) is 0 Å². The first-order valence-corrected chi connectivity index (χ1v) is 12.3. The SMILES string of the molecule is CC(C)NCC(O)c1ccc(NS(C)(=O)=O)cc1.Cc1cccc(C)c1NC(=O)C(C)N. The number of nitrogens with one attached hydrogen (secondary N) is 3. The summed E-state index contributed by atoms with van der Waals surface area (Å²) in [7, 11) is -3.26. The lowest BCUT2D eigenvalue weighted by molar-refractivity contribution is -0.117. The van der Waals surface area contributed by atoms with Crippen LogP contribution in [0.4, 0.5) is 11.4 Å². The first-order chi connectivity index (χ1) is 14.8. The molecule has 2 aromatic rings. The highest BCUT2D eigenvalue weighted by Gasteiger charge is 2.10. The number of nitrogens with two attached hydrogens (primary N) is 1. The number of hydrogen-bond donors (Lipinski definition) is 5. The summed E-state index contributed by atoms with van der Waals surface area (Å²) in [5.41, 5.74) is 9.69. The first kappa shape index (κ1) is 27.6. The molecule has 0 bridgehead atoms. The van der Waals surface area contributed by atoms with Crippen LogP contribution in [0.15, 0.2) is 42.5 Å². The van der Waals surface area contributed by atoms with Gasteiger partial charge in [0.2, 0.25) is 15.9 Å². The molecule has 178 valence electrons. The van der Waals surface area contributed by atoms with Crippen LogP contribution in [0.5, 0.6) is 0 Å². The van der Waals surface area contributed by atoms with E-state index in [2.05, 4.69) is 15.4 Å². The molecule has 0 radical (unpaired) electrons. The molecule has 8 nitrogen and oxygen atoms in total. The minimum atomic E-state index is -3.26. The Bertz CT molecular complexity index is 954. The third-order valence-corrected chi connectivity index (χ3v) is 5.07. The van der Waals surface area contributed by atoms with Gasteiger partial charge in [0.25, 0.3) is 0 Å². The molecule has 0 aliphatic carbocycles. The Balaban J connectivity index is 0.000000330. The van der Waals surface area contributed by atoms with Gasteiger partial charge in [-0.05, 0) is 49.6 Å². The van der Waals surface area contributed by atoms with Crippen molar-refractivity contribution in [2.24, 2.45) is 5.73 Å². The van der Waals surface area contributed by atoms with Gasteiger partial charge in [-0.3, -0.25) is 9.52 Å². The minimum Gasteiger partial charge on any atom is -0.387 e. The fraction of sp³-hybridized carbons (Fsp3) is 0.435. The van der Waals surface area contributed by atoms with Gasteiger partial charge in [-0.1, -0.05) is 44.2 Å². The number of carbonyl (C=O) groups excluding carboxylic acids is 1. The summed E-state index contributed by atoms with van der Waals surface area (Å²) in [4.78, 5) is 11.4. The Morgan fingerprint density at radius 3 is 2.00 bits per heavy atom. The summed E-state index contributed by atoms with van der Waals surface area (Å²) < 4.78 is 24.4. The Labute approximate surface area is 191 Å². The van der Waals surface area contributed by atoms with E-state index in [1.54, 1.807) is 31.2 Å². The Morgan fingerprint density at radius 1 is 1.03 bits per heavy atom. The van der Waals surface area contributed by atoms with Crippen molar-refractivity contribution in [1.82, 2.24) is 5.32 Å². The van der Waals surface area contributed by atoms with Crippen molar-refractivity contribution < 1.29 is 18.3 Å². The van der Waals surface area contributed by atoms with Crippen molar-refractivity contribution >= 4 is 27.3 Å². The summed E-state index contributed by atoms with van der Waals surface area (Å²) in [5, 5.41) is 15.8. The van der Waals surface area contributed by atoms with Crippen molar-refractivity contribution in [3.05, 3.63) is 59.2 Å². The maximum Gasteiger partial charge on any atom is 0.241 e. The number of rotatable bonds is 8. The molecule has 0 heterocycles. The van der Waals surface area contributed by atoms with Crippen LogP contribution in [-0.4, -0.2) is 44.3 Å². The van der Waals surface area contributed by atoms with Gasteiger partial charge in [-0.15, -0.1) is 0 Å². The second-order valence-corrected chi connectivity index (χ2v) is 9.87. The van der Waals surface area contributed by atoms with E-state index in [0.717, 1.165) is 28.6 Å². The number of sulfonamides is 1. The summed E-state index contributed by atoms with van der Waals surface area (Å²) in [6.07, 6.45) is 0.502. The molecule has 0 saturated carbocycles. The van der Waals surface area contributed by atoms with E-state index >= 15 is 0 Å². The van der Waals surface area contributed by atoms with Gasteiger partial charge < -0.3 is 21.5 Å². The molecule has 0 fully saturated rings.